The van der Waals surface area contributed by atoms with Crippen molar-refractivity contribution in [2.24, 2.45) is 4.99 Å². The number of hydrogen-bond donors (Lipinski definition) is 2. The monoisotopic (exact) mass is 358 g/mol. The van der Waals surface area contributed by atoms with Gasteiger partial charge in [0.05, 0.1) is 19.4 Å². The highest BCUT2D eigenvalue weighted by Gasteiger charge is 2.09. The quantitative estimate of drug-likeness (QED) is 0.533. The summed E-state index contributed by atoms with van der Waals surface area (Å²) in [7, 11) is 5.57. The van der Waals surface area contributed by atoms with Gasteiger partial charge in [-0.1, -0.05) is 24.3 Å². The molecule has 142 valence electrons. The summed E-state index contributed by atoms with van der Waals surface area (Å²) in [5, 5.41) is 6.70. The third-order valence-corrected chi connectivity index (χ3v) is 4.03. The summed E-state index contributed by atoms with van der Waals surface area (Å²) in [4.78, 5) is 6.52. The number of hydrogen-bond acceptors (Lipinski definition) is 4. The molecule has 0 saturated carbocycles. The number of guanidine groups is 1. The van der Waals surface area contributed by atoms with Crippen LogP contribution < -0.4 is 10.6 Å². The Labute approximate surface area is 156 Å². The van der Waals surface area contributed by atoms with E-state index >= 15 is 0 Å². The summed E-state index contributed by atoms with van der Waals surface area (Å²) in [6, 6.07) is 12.6. The first kappa shape index (κ1) is 20.0. The van der Waals surface area contributed by atoms with Crippen molar-refractivity contribution in [3.63, 3.8) is 0 Å². The van der Waals surface area contributed by atoms with E-state index in [9.17, 15) is 0 Å². The van der Waals surface area contributed by atoms with Crippen LogP contribution in [0, 0.1) is 0 Å². The number of rotatable bonds is 9. The molecule has 6 heteroatoms. The third-order valence-electron chi connectivity index (χ3n) is 4.03. The lowest BCUT2D eigenvalue weighted by atomic mass is 10.1. The van der Waals surface area contributed by atoms with Crippen molar-refractivity contribution in [3.05, 3.63) is 59.5 Å². The third kappa shape index (κ3) is 6.54. The Kier molecular flexibility index (Phi) is 8.18. The lowest BCUT2D eigenvalue weighted by Gasteiger charge is -2.20. The highest BCUT2D eigenvalue weighted by molar-refractivity contribution is 5.79. The molecule has 0 amide bonds. The molecule has 2 N–H and O–H groups in total. The van der Waals surface area contributed by atoms with Crippen molar-refractivity contribution in [3.8, 4) is 0 Å². The van der Waals surface area contributed by atoms with Crippen LogP contribution in [-0.4, -0.2) is 44.7 Å². The highest BCUT2D eigenvalue weighted by Crippen LogP contribution is 2.13. The molecule has 0 bridgehead atoms. The first-order chi connectivity index (χ1) is 12.6. The first-order valence-corrected chi connectivity index (χ1v) is 8.86. The Bertz CT molecular complexity index is 670. The normalized spacial score (nSPS) is 13.0. The average molecular weight is 358 g/mol. The number of aliphatic imine (C=N–C) groups is 1. The standard InChI is InChI=1S/C20H30N4O2/c1-16(15-25-4)23-20(21-2)22-12-17-8-5-6-9-18(17)13-24(3)14-19-10-7-11-26-19/h5-11,16H,12-15H2,1-4H3,(H2,21,22,23). The molecule has 0 aliphatic heterocycles. The topological polar surface area (TPSA) is 62.0 Å². The molecule has 0 aliphatic rings. The molecule has 2 aromatic rings. The largest absolute Gasteiger partial charge is 0.468 e. The molecule has 1 unspecified atom stereocenters. The molecule has 0 aliphatic carbocycles. The van der Waals surface area contributed by atoms with Gasteiger partial charge in [0.25, 0.3) is 0 Å². The van der Waals surface area contributed by atoms with Crippen molar-refractivity contribution in [2.75, 3.05) is 27.8 Å². The molecule has 26 heavy (non-hydrogen) atoms. The zero-order valence-electron chi connectivity index (χ0n) is 16.2. The lowest BCUT2D eigenvalue weighted by Crippen LogP contribution is -2.43. The molecule has 1 aromatic heterocycles. The van der Waals surface area contributed by atoms with Gasteiger partial charge in [-0.3, -0.25) is 9.89 Å². The van der Waals surface area contributed by atoms with Gasteiger partial charge in [-0.15, -0.1) is 0 Å². The van der Waals surface area contributed by atoms with Crippen LogP contribution in [0.4, 0.5) is 0 Å². The van der Waals surface area contributed by atoms with Crippen LogP contribution in [0.5, 0.6) is 0 Å². The number of methoxy groups -OCH3 is 1. The van der Waals surface area contributed by atoms with E-state index in [1.54, 1.807) is 20.4 Å². The number of nitrogens with zero attached hydrogens (tertiary/aromatic N) is 2. The molecule has 1 atom stereocenters. The number of furan rings is 1. The van der Waals surface area contributed by atoms with Crippen molar-refractivity contribution in [2.45, 2.75) is 32.6 Å². The van der Waals surface area contributed by atoms with Gasteiger partial charge in [0.2, 0.25) is 0 Å². The van der Waals surface area contributed by atoms with Crippen LogP contribution in [0.1, 0.15) is 23.8 Å². The van der Waals surface area contributed by atoms with Gasteiger partial charge in [0.1, 0.15) is 5.76 Å². The van der Waals surface area contributed by atoms with Crippen LogP contribution in [0.2, 0.25) is 0 Å². The summed E-state index contributed by atoms with van der Waals surface area (Å²) in [5.74, 6) is 1.74. The van der Waals surface area contributed by atoms with E-state index in [0.29, 0.717) is 13.2 Å². The fourth-order valence-corrected chi connectivity index (χ4v) is 2.80. The van der Waals surface area contributed by atoms with E-state index in [1.807, 2.05) is 12.1 Å². The molecule has 6 nitrogen and oxygen atoms in total. The minimum Gasteiger partial charge on any atom is -0.468 e. The van der Waals surface area contributed by atoms with Crippen LogP contribution in [-0.2, 0) is 24.4 Å². The summed E-state index contributed by atoms with van der Waals surface area (Å²) in [6.07, 6.45) is 1.71. The second-order valence-electron chi connectivity index (χ2n) is 6.45. The molecule has 0 spiro atoms. The van der Waals surface area contributed by atoms with Crippen molar-refractivity contribution >= 4 is 5.96 Å². The number of benzene rings is 1. The molecule has 1 heterocycles. The van der Waals surface area contributed by atoms with Gasteiger partial charge in [-0.25, -0.2) is 0 Å². The van der Waals surface area contributed by atoms with Gasteiger partial charge in [0, 0.05) is 33.3 Å². The van der Waals surface area contributed by atoms with Crippen LogP contribution in [0.25, 0.3) is 0 Å². The predicted molar refractivity (Wildman–Crippen MR) is 105 cm³/mol. The van der Waals surface area contributed by atoms with Gasteiger partial charge in [0.15, 0.2) is 5.96 Å². The highest BCUT2D eigenvalue weighted by atomic mass is 16.5. The van der Waals surface area contributed by atoms with Crippen LogP contribution in [0.3, 0.4) is 0 Å². The van der Waals surface area contributed by atoms with Crippen LogP contribution >= 0.6 is 0 Å². The second kappa shape index (κ2) is 10.6. The van der Waals surface area contributed by atoms with E-state index in [2.05, 4.69) is 58.8 Å². The second-order valence-corrected chi connectivity index (χ2v) is 6.45. The number of nitrogens with one attached hydrogen (secondary N) is 2. The summed E-state index contributed by atoms with van der Waals surface area (Å²) < 4.78 is 10.6. The smallest absolute Gasteiger partial charge is 0.191 e. The predicted octanol–water partition coefficient (Wildman–Crippen LogP) is 2.61. The van der Waals surface area contributed by atoms with E-state index in [0.717, 1.165) is 24.8 Å². The Morgan fingerprint density at radius 2 is 1.96 bits per heavy atom. The maximum Gasteiger partial charge on any atom is 0.191 e. The number of ether oxygens (including phenoxy) is 1. The fourth-order valence-electron chi connectivity index (χ4n) is 2.80. The van der Waals surface area contributed by atoms with Gasteiger partial charge in [-0.05, 0) is 37.2 Å². The van der Waals surface area contributed by atoms with Gasteiger partial charge in [-0.2, -0.15) is 0 Å². The van der Waals surface area contributed by atoms with E-state index in [-0.39, 0.29) is 6.04 Å². The molecule has 0 fully saturated rings. The zero-order chi connectivity index (χ0) is 18.8. The van der Waals surface area contributed by atoms with Crippen molar-refractivity contribution in [1.82, 2.24) is 15.5 Å². The molecule has 0 saturated heterocycles. The summed E-state index contributed by atoms with van der Waals surface area (Å²) >= 11 is 0. The average Bonchev–Trinajstić information content (AvgIpc) is 3.12. The Morgan fingerprint density at radius 1 is 1.19 bits per heavy atom. The van der Waals surface area contributed by atoms with Crippen molar-refractivity contribution < 1.29 is 9.15 Å². The van der Waals surface area contributed by atoms with E-state index in [4.69, 9.17) is 9.15 Å². The van der Waals surface area contributed by atoms with Gasteiger partial charge >= 0.3 is 0 Å². The van der Waals surface area contributed by atoms with E-state index in [1.165, 1.54) is 11.1 Å². The molecule has 0 radical (unpaired) electrons. The van der Waals surface area contributed by atoms with Crippen molar-refractivity contribution in [1.29, 1.82) is 0 Å². The maximum absolute atomic E-state index is 5.43. The molecule has 1 aromatic carbocycles. The fraction of sp³-hybridized carbons (Fsp3) is 0.450. The molecular weight excluding hydrogens is 328 g/mol. The Balaban J connectivity index is 1.93. The first-order valence-electron chi connectivity index (χ1n) is 8.86. The van der Waals surface area contributed by atoms with Gasteiger partial charge < -0.3 is 19.8 Å². The minimum absolute atomic E-state index is 0.195. The Hall–Kier alpha value is -2.31. The molecule has 2 rings (SSSR count). The Morgan fingerprint density at radius 3 is 2.62 bits per heavy atom. The summed E-state index contributed by atoms with van der Waals surface area (Å²) in [6.45, 7) is 5.05. The SMILES string of the molecule is CN=C(NCc1ccccc1CN(C)Cc1ccco1)NC(C)COC. The summed E-state index contributed by atoms with van der Waals surface area (Å²) in [5.41, 5.74) is 2.54. The zero-order valence-corrected chi connectivity index (χ0v) is 16.2. The van der Waals surface area contributed by atoms with Crippen LogP contribution in [0.15, 0.2) is 52.1 Å². The lowest BCUT2D eigenvalue weighted by molar-refractivity contribution is 0.179. The van der Waals surface area contributed by atoms with E-state index < -0.39 is 0 Å². The minimum atomic E-state index is 0.195. The maximum atomic E-state index is 5.43. The molecular formula is C20H30N4O2.